The second kappa shape index (κ2) is 6.50. The molecule has 4 heteroatoms. The van der Waals surface area contributed by atoms with E-state index in [4.69, 9.17) is 4.42 Å². The Bertz CT molecular complexity index is 799. The summed E-state index contributed by atoms with van der Waals surface area (Å²) in [5, 5.41) is 12.1. The lowest BCUT2D eigenvalue weighted by molar-refractivity contribution is -0.0288. The fraction of sp³-hybridized carbons (Fsp3) is 0.300. The number of para-hydroxylation sites is 1. The lowest BCUT2D eigenvalue weighted by Crippen LogP contribution is -2.42. The molecule has 0 saturated carbocycles. The van der Waals surface area contributed by atoms with Crippen LogP contribution in [0.25, 0.3) is 11.0 Å². The van der Waals surface area contributed by atoms with Crippen molar-refractivity contribution in [1.82, 2.24) is 4.90 Å². The minimum absolute atomic E-state index is 0.700. The van der Waals surface area contributed by atoms with Crippen LogP contribution in [-0.2, 0) is 12.1 Å². The predicted molar refractivity (Wildman–Crippen MR) is 104 cm³/mol. The number of likely N-dealkylation sites (tertiary alicyclic amines) is 1. The van der Waals surface area contributed by atoms with Crippen molar-refractivity contribution in [1.29, 1.82) is 0 Å². The Hall–Kier alpha value is -1.37. The summed E-state index contributed by atoms with van der Waals surface area (Å²) in [7, 11) is 0. The number of piperidine rings is 1. The van der Waals surface area contributed by atoms with Crippen molar-refractivity contribution in [3.05, 3.63) is 69.5 Å². The van der Waals surface area contributed by atoms with Crippen molar-refractivity contribution in [2.45, 2.75) is 25.0 Å². The van der Waals surface area contributed by atoms with Crippen LogP contribution in [0.4, 0.5) is 0 Å². The first-order valence-electron chi connectivity index (χ1n) is 8.31. The van der Waals surface area contributed by atoms with Crippen LogP contribution >= 0.6 is 22.6 Å². The first-order chi connectivity index (χ1) is 11.6. The van der Waals surface area contributed by atoms with Crippen molar-refractivity contribution >= 4 is 33.6 Å². The molecule has 1 fully saturated rings. The highest BCUT2D eigenvalue weighted by molar-refractivity contribution is 14.1. The van der Waals surface area contributed by atoms with E-state index in [0.717, 1.165) is 54.8 Å². The highest BCUT2D eigenvalue weighted by Crippen LogP contribution is 2.33. The molecule has 1 N–H and O–H groups in total. The summed E-state index contributed by atoms with van der Waals surface area (Å²) in [5.41, 5.74) is 1.28. The average molecular weight is 433 g/mol. The number of hydrogen-bond acceptors (Lipinski definition) is 3. The van der Waals surface area contributed by atoms with E-state index >= 15 is 0 Å². The summed E-state index contributed by atoms with van der Waals surface area (Å²) in [6, 6.07) is 18.5. The summed E-state index contributed by atoms with van der Waals surface area (Å²) in [5.74, 6) is 0.996. The van der Waals surface area contributed by atoms with Crippen LogP contribution in [0.2, 0.25) is 0 Å². The van der Waals surface area contributed by atoms with Crippen LogP contribution < -0.4 is 0 Å². The van der Waals surface area contributed by atoms with E-state index in [1.54, 1.807) is 0 Å². The molecule has 0 spiro atoms. The summed E-state index contributed by atoms with van der Waals surface area (Å²) in [4.78, 5) is 2.36. The van der Waals surface area contributed by atoms with Gasteiger partial charge in [-0.05, 0) is 65.3 Å². The van der Waals surface area contributed by atoms with Gasteiger partial charge in [-0.1, -0.05) is 30.3 Å². The topological polar surface area (TPSA) is 36.6 Å². The minimum atomic E-state index is -0.700. The van der Waals surface area contributed by atoms with E-state index in [2.05, 4.69) is 63.9 Å². The fourth-order valence-electron chi connectivity index (χ4n) is 3.47. The zero-order chi connectivity index (χ0) is 16.6. The fourth-order valence-corrected chi connectivity index (χ4v) is 3.82. The summed E-state index contributed by atoms with van der Waals surface area (Å²) in [6.45, 7) is 2.55. The van der Waals surface area contributed by atoms with Crippen LogP contribution in [0.3, 0.4) is 0 Å². The number of hydrogen-bond donors (Lipinski definition) is 1. The van der Waals surface area contributed by atoms with Gasteiger partial charge in [0.2, 0.25) is 0 Å². The van der Waals surface area contributed by atoms with Crippen LogP contribution in [0, 0.1) is 3.57 Å². The Kier molecular flexibility index (Phi) is 4.37. The molecule has 1 aromatic heterocycles. The SMILES string of the molecule is OC1(c2ccc(I)cc2)CCN(Cc2cc3ccccc3o2)CC1. The maximum Gasteiger partial charge on any atom is 0.134 e. The molecule has 0 unspecified atom stereocenters. The largest absolute Gasteiger partial charge is 0.460 e. The number of fused-ring (bicyclic) bond motifs is 1. The normalized spacial score (nSPS) is 18.1. The Labute approximate surface area is 155 Å². The molecule has 1 saturated heterocycles. The molecule has 0 amide bonds. The van der Waals surface area contributed by atoms with Crippen molar-refractivity contribution in [2.75, 3.05) is 13.1 Å². The predicted octanol–water partition coefficient (Wildman–Crippen LogP) is 4.52. The molecule has 24 heavy (non-hydrogen) atoms. The second-order valence-corrected chi connectivity index (χ2v) is 7.81. The maximum absolute atomic E-state index is 11.0. The molecule has 124 valence electrons. The number of benzene rings is 2. The minimum Gasteiger partial charge on any atom is -0.460 e. The number of aliphatic hydroxyl groups is 1. The molecule has 1 aliphatic rings. The van der Waals surface area contributed by atoms with Gasteiger partial charge in [-0.15, -0.1) is 0 Å². The highest BCUT2D eigenvalue weighted by atomic mass is 127. The monoisotopic (exact) mass is 433 g/mol. The smallest absolute Gasteiger partial charge is 0.134 e. The van der Waals surface area contributed by atoms with Gasteiger partial charge in [0.15, 0.2) is 0 Å². The Balaban J connectivity index is 1.43. The summed E-state index contributed by atoms with van der Waals surface area (Å²) in [6.07, 6.45) is 1.52. The van der Waals surface area contributed by atoms with Gasteiger partial charge in [0.05, 0.1) is 12.1 Å². The van der Waals surface area contributed by atoms with Gasteiger partial charge in [-0.25, -0.2) is 0 Å². The third-order valence-electron chi connectivity index (χ3n) is 4.92. The Morgan fingerprint density at radius 2 is 1.75 bits per heavy atom. The van der Waals surface area contributed by atoms with Crippen molar-refractivity contribution in [2.24, 2.45) is 0 Å². The van der Waals surface area contributed by atoms with E-state index in [9.17, 15) is 5.11 Å². The molecule has 0 bridgehead atoms. The van der Waals surface area contributed by atoms with E-state index < -0.39 is 5.60 Å². The molecule has 0 radical (unpaired) electrons. The molecular weight excluding hydrogens is 413 g/mol. The van der Waals surface area contributed by atoms with Gasteiger partial charge >= 0.3 is 0 Å². The first-order valence-corrected chi connectivity index (χ1v) is 9.38. The van der Waals surface area contributed by atoms with E-state index in [1.807, 2.05) is 18.2 Å². The van der Waals surface area contributed by atoms with Gasteiger partial charge in [-0.2, -0.15) is 0 Å². The molecule has 0 atom stereocenters. The lowest BCUT2D eigenvalue weighted by Gasteiger charge is -2.38. The number of nitrogens with zero attached hydrogens (tertiary/aromatic N) is 1. The van der Waals surface area contributed by atoms with E-state index in [-0.39, 0.29) is 0 Å². The second-order valence-electron chi connectivity index (χ2n) is 6.57. The molecule has 3 aromatic rings. The third-order valence-corrected chi connectivity index (χ3v) is 5.64. The number of rotatable bonds is 3. The summed E-state index contributed by atoms with van der Waals surface area (Å²) < 4.78 is 7.11. The molecule has 0 aliphatic carbocycles. The molecular formula is C20H20INO2. The molecule has 2 heterocycles. The lowest BCUT2D eigenvalue weighted by atomic mass is 9.84. The van der Waals surface area contributed by atoms with Gasteiger partial charge in [-0.3, -0.25) is 4.90 Å². The molecule has 3 nitrogen and oxygen atoms in total. The first kappa shape index (κ1) is 16.1. The van der Waals surface area contributed by atoms with Gasteiger partial charge in [0.25, 0.3) is 0 Å². The zero-order valence-electron chi connectivity index (χ0n) is 13.4. The van der Waals surface area contributed by atoms with Crippen molar-refractivity contribution in [3.63, 3.8) is 0 Å². The molecule has 1 aliphatic heterocycles. The number of halogens is 1. The quantitative estimate of drug-likeness (QED) is 0.618. The third kappa shape index (κ3) is 3.23. The van der Waals surface area contributed by atoms with E-state index in [1.165, 1.54) is 3.57 Å². The van der Waals surface area contributed by atoms with Crippen molar-refractivity contribution < 1.29 is 9.52 Å². The van der Waals surface area contributed by atoms with Gasteiger partial charge in [0, 0.05) is 22.0 Å². The highest BCUT2D eigenvalue weighted by Gasteiger charge is 2.34. The van der Waals surface area contributed by atoms with Crippen LogP contribution in [-0.4, -0.2) is 23.1 Å². The van der Waals surface area contributed by atoms with Gasteiger partial charge < -0.3 is 9.52 Å². The molecule has 2 aromatic carbocycles. The standard InChI is InChI=1S/C20H20INO2/c21-17-7-5-16(6-8-17)20(23)9-11-22(12-10-20)14-18-13-15-3-1-2-4-19(15)24-18/h1-8,13,23H,9-12,14H2. The Morgan fingerprint density at radius 1 is 1.04 bits per heavy atom. The molecule has 4 rings (SSSR count). The van der Waals surface area contributed by atoms with Crippen LogP contribution in [0.5, 0.6) is 0 Å². The summed E-state index contributed by atoms with van der Waals surface area (Å²) >= 11 is 2.29. The van der Waals surface area contributed by atoms with E-state index in [0.29, 0.717) is 0 Å². The average Bonchev–Trinajstić information content (AvgIpc) is 3.00. The zero-order valence-corrected chi connectivity index (χ0v) is 15.6. The van der Waals surface area contributed by atoms with Gasteiger partial charge in [0.1, 0.15) is 11.3 Å². The van der Waals surface area contributed by atoms with Crippen molar-refractivity contribution in [3.8, 4) is 0 Å². The van der Waals surface area contributed by atoms with Crippen LogP contribution in [0.1, 0.15) is 24.2 Å². The number of furan rings is 1. The Morgan fingerprint density at radius 3 is 2.46 bits per heavy atom. The maximum atomic E-state index is 11.0. The van der Waals surface area contributed by atoms with Crippen LogP contribution in [0.15, 0.2) is 59.0 Å².